The van der Waals surface area contributed by atoms with Crippen molar-refractivity contribution in [2.24, 2.45) is 0 Å². The Kier molecular flexibility index (Phi) is 8.81. The summed E-state index contributed by atoms with van der Waals surface area (Å²) in [5.41, 5.74) is 1.52. The molecule has 2 aromatic rings. The lowest BCUT2D eigenvalue weighted by Gasteiger charge is -2.39. The highest BCUT2D eigenvalue weighted by Crippen LogP contribution is 2.36. The van der Waals surface area contributed by atoms with Gasteiger partial charge in [0.05, 0.1) is 6.61 Å². The van der Waals surface area contributed by atoms with Gasteiger partial charge in [-0.25, -0.2) is 9.18 Å². The second kappa shape index (κ2) is 11.4. The highest BCUT2D eigenvalue weighted by Gasteiger charge is 2.46. The molecule has 0 aromatic heterocycles. The molecule has 0 amide bonds. The molecule has 192 valence electrons. The van der Waals surface area contributed by atoms with Crippen molar-refractivity contribution < 1.29 is 51.5 Å². The molecular weight excluding hydrogens is 500 g/mol. The summed E-state index contributed by atoms with van der Waals surface area (Å²) in [6.07, 6.45) is -13.6. The van der Waals surface area contributed by atoms with Crippen molar-refractivity contribution in [3.63, 3.8) is 0 Å². The molecule has 5 unspecified atom stereocenters. The number of aliphatic hydroxyl groups excluding tert-OH is 2. The number of ether oxygens (including phenoxy) is 4. The van der Waals surface area contributed by atoms with Crippen LogP contribution in [0.1, 0.15) is 29.7 Å². The van der Waals surface area contributed by atoms with E-state index in [1.54, 1.807) is 13.0 Å². The number of halogens is 5. The lowest BCUT2D eigenvalue weighted by molar-refractivity contribution is -0.274. The van der Waals surface area contributed by atoms with E-state index in [1.807, 2.05) is 0 Å². The second-order valence-electron chi connectivity index (χ2n) is 7.73. The van der Waals surface area contributed by atoms with E-state index in [4.69, 9.17) is 21.1 Å². The maximum absolute atomic E-state index is 14.5. The fraction of sp³-hybridized carbons (Fsp3) is 0.435. The predicted octanol–water partition coefficient (Wildman–Crippen LogP) is 4.50. The van der Waals surface area contributed by atoms with Gasteiger partial charge in [-0.1, -0.05) is 35.9 Å². The van der Waals surface area contributed by atoms with Crippen molar-refractivity contribution in [1.82, 2.24) is 0 Å². The summed E-state index contributed by atoms with van der Waals surface area (Å²) < 4.78 is 70.5. The van der Waals surface area contributed by atoms with E-state index in [9.17, 15) is 32.6 Å². The summed E-state index contributed by atoms with van der Waals surface area (Å²) in [7, 11) is 0. The number of benzene rings is 2. The molecule has 7 nitrogen and oxygen atoms in total. The van der Waals surface area contributed by atoms with E-state index in [0.29, 0.717) is 21.7 Å². The normalized spacial score (nSPS) is 24.6. The average molecular weight is 523 g/mol. The van der Waals surface area contributed by atoms with Gasteiger partial charge in [0, 0.05) is 5.02 Å². The number of carbonyl (C=O) groups is 1. The van der Waals surface area contributed by atoms with Crippen molar-refractivity contribution >= 4 is 17.8 Å². The summed E-state index contributed by atoms with van der Waals surface area (Å²) in [6.45, 7) is 1.07. The molecule has 1 aliphatic heterocycles. The average Bonchev–Trinajstić information content (AvgIpc) is 2.79. The first-order chi connectivity index (χ1) is 16.5. The van der Waals surface area contributed by atoms with Crippen LogP contribution in [0.5, 0.6) is 5.75 Å². The fourth-order valence-corrected chi connectivity index (χ4v) is 3.77. The summed E-state index contributed by atoms with van der Waals surface area (Å²) in [5.74, 6) is -0.370. The van der Waals surface area contributed by atoms with Crippen molar-refractivity contribution in [1.29, 1.82) is 0 Å². The van der Waals surface area contributed by atoms with E-state index in [0.717, 1.165) is 0 Å². The van der Waals surface area contributed by atoms with Crippen LogP contribution in [0.15, 0.2) is 42.5 Å². The first-order valence-corrected chi connectivity index (χ1v) is 10.9. The molecule has 1 saturated heterocycles. The predicted molar refractivity (Wildman–Crippen MR) is 115 cm³/mol. The molecule has 12 heteroatoms. The van der Waals surface area contributed by atoms with Crippen LogP contribution in [0.2, 0.25) is 5.02 Å². The minimum Gasteiger partial charge on any atom is -0.435 e. The number of hydrogen-bond acceptors (Lipinski definition) is 7. The van der Waals surface area contributed by atoms with Crippen molar-refractivity contribution in [2.75, 3.05) is 13.2 Å². The van der Waals surface area contributed by atoms with E-state index in [-0.39, 0.29) is 18.8 Å². The summed E-state index contributed by atoms with van der Waals surface area (Å²) in [4.78, 5) is 11.4. The molecule has 0 radical (unpaired) electrons. The van der Waals surface area contributed by atoms with Gasteiger partial charge < -0.3 is 29.2 Å². The van der Waals surface area contributed by atoms with Gasteiger partial charge in [0.2, 0.25) is 0 Å². The third-order valence-corrected chi connectivity index (χ3v) is 5.61. The van der Waals surface area contributed by atoms with Gasteiger partial charge in [-0.2, -0.15) is 0 Å². The Morgan fingerprint density at radius 1 is 1.09 bits per heavy atom. The minimum absolute atomic E-state index is 0.0546. The molecule has 1 fully saturated rings. The Labute approximate surface area is 203 Å². The number of rotatable bonds is 7. The Morgan fingerprint density at radius 2 is 1.77 bits per heavy atom. The Hall–Kier alpha value is -2.60. The molecule has 0 spiro atoms. The lowest BCUT2D eigenvalue weighted by Crippen LogP contribution is -2.53. The van der Waals surface area contributed by atoms with Gasteiger partial charge in [0.25, 0.3) is 0 Å². The first-order valence-electron chi connectivity index (χ1n) is 10.6. The molecule has 5 atom stereocenters. The fourth-order valence-electron chi connectivity index (χ4n) is 3.58. The van der Waals surface area contributed by atoms with Gasteiger partial charge >= 0.3 is 12.5 Å². The van der Waals surface area contributed by atoms with Crippen LogP contribution in [0, 0.1) is 0 Å². The van der Waals surface area contributed by atoms with Crippen LogP contribution in [-0.2, 0) is 20.6 Å². The van der Waals surface area contributed by atoms with Gasteiger partial charge in [-0.05, 0) is 48.2 Å². The summed E-state index contributed by atoms with van der Waals surface area (Å²) >= 11 is 6.28. The molecule has 0 aliphatic carbocycles. The van der Waals surface area contributed by atoms with Gasteiger partial charge in [0.15, 0.2) is 6.17 Å². The van der Waals surface area contributed by atoms with Crippen molar-refractivity contribution in [3.8, 4) is 5.75 Å². The van der Waals surface area contributed by atoms with Gasteiger partial charge in [-0.3, -0.25) is 0 Å². The summed E-state index contributed by atoms with van der Waals surface area (Å²) in [6, 6.07) is 9.83. The highest BCUT2D eigenvalue weighted by molar-refractivity contribution is 6.31. The van der Waals surface area contributed by atoms with Crippen molar-refractivity contribution in [3.05, 3.63) is 64.2 Å². The number of aliphatic hydroxyl groups is 2. The third-order valence-electron chi connectivity index (χ3n) is 5.24. The largest absolute Gasteiger partial charge is 0.573 e. The first kappa shape index (κ1) is 27.0. The molecule has 0 bridgehead atoms. The van der Waals surface area contributed by atoms with Crippen LogP contribution in [0.25, 0.3) is 0 Å². The molecule has 3 rings (SSSR count). The second-order valence-corrected chi connectivity index (χ2v) is 8.14. The van der Waals surface area contributed by atoms with E-state index >= 15 is 0 Å². The van der Waals surface area contributed by atoms with Crippen LogP contribution in [0.3, 0.4) is 0 Å². The third kappa shape index (κ3) is 7.20. The number of carbonyl (C=O) groups excluding carboxylic acids is 1. The lowest BCUT2D eigenvalue weighted by atomic mass is 9.90. The number of alkyl halides is 4. The minimum atomic E-state index is -4.80. The van der Waals surface area contributed by atoms with Crippen LogP contribution >= 0.6 is 11.6 Å². The van der Waals surface area contributed by atoms with E-state index in [2.05, 4.69) is 9.47 Å². The van der Waals surface area contributed by atoms with Gasteiger partial charge in [0.1, 0.15) is 36.8 Å². The summed E-state index contributed by atoms with van der Waals surface area (Å²) in [5, 5.41) is 20.9. The molecular formula is C23H23ClF4O7. The molecule has 1 heterocycles. The Morgan fingerprint density at radius 3 is 2.40 bits per heavy atom. The molecule has 35 heavy (non-hydrogen) atoms. The van der Waals surface area contributed by atoms with Crippen molar-refractivity contribution in [2.45, 2.75) is 50.3 Å². The van der Waals surface area contributed by atoms with Crippen LogP contribution < -0.4 is 4.74 Å². The molecule has 1 aliphatic rings. The molecule has 0 saturated carbocycles. The van der Waals surface area contributed by atoms with Crippen LogP contribution in [0.4, 0.5) is 22.4 Å². The zero-order valence-corrected chi connectivity index (χ0v) is 19.1. The highest BCUT2D eigenvalue weighted by atomic mass is 35.5. The SMILES string of the molecule is CCOC(=O)OCC1OC(c2ccc(Cl)c(Cc3ccc(OC(F)(F)F)cc3)c2)C(O)C(O)C1F. The van der Waals surface area contributed by atoms with E-state index in [1.165, 1.54) is 36.4 Å². The maximum atomic E-state index is 14.5. The number of hydrogen-bond donors (Lipinski definition) is 2. The smallest absolute Gasteiger partial charge is 0.435 e. The maximum Gasteiger partial charge on any atom is 0.573 e. The Bertz CT molecular complexity index is 1000. The zero-order valence-electron chi connectivity index (χ0n) is 18.4. The van der Waals surface area contributed by atoms with E-state index < -0.39 is 49.7 Å². The Balaban J connectivity index is 1.76. The molecule has 2 aromatic carbocycles. The quantitative estimate of drug-likeness (QED) is 0.408. The monoisotopic (exact) mass is 522 g/mol. The topological polar surface area (TPSA) is 94.5 Å². The van der Waals surface area contributed by atoms with Crippen LogP contribution in [-0.4, -0.2) is 60.4 Å². The molecule has 2 N–H and O–H groups in total. The van der Waals surface area contributed by atoms with Gasteiger partial charge in [-0.15, -0.1) is 13.2 Å². The zero-order chi connectivity index (χ0) is 25.8. The standard InChI is InChI=1S/C23H23ClF4O7/c1-2-32-22(31)33-11-17-18(25)19(29)20(30)21(34-17)13-5-8-16(24)14(10-13)9-12-3-6-15(7-4-12)35-23(26,27)28/h3-8,10,17-21,29-30H,2,9,11H2,1H3.